The molecule has 0 bridgehead atoms. The van der Waals surface area contributed by atoms with Gasteiger partial charge >= 0.3 is 0 Å². The number of nitrogen functional groups attached to an aromatic ring is 1. The van der Waals surface area contributed by atoms with Crippen LogP contribution in [0.25, 0.3) is 0 Å². The fourth-order valence-corrected chi connectivity index (χ4v) is 1.88. The van der Waals surface area contributed by atoms with Gasteiger partial charge in [0.05, 0.1) is 0 Å². The Bertz CT molecular complexity index is 552. The Kier molecular flexibility index (Phi) is 4.35. The van der Waals surface area contributed by atoms with Crippen molar-refractivity contribution >= 4 is 17.4 Å². The van der Waals surface area contributed by atoms with Crippen molar-refractivity contribution < 1.29 is 0 Å². The molecule has 2 aromatic rings. The van der Waals surface area contributed by atoms with Gasteiger partial charge < -0.3 is 5.43 Å². The second-order valence-corrected chi connectivity index (χ2v) is 5.13. The molecule has 1 heterocycles. The maximum Gasteiger partial charge on any atom is 0.143 e. The van der Waals surface area contributed by atoms with E-state index in [1.54, 1.807) is 0 Å². The van der Waals surface area contributed by atoms with E-state index in [0.29, 0.717) is 18.2 Å². The maximum atomic E-state index is 5.87. The molecule has 3 N–H and O–H groups in total. The Morgan fingerprint density at radius 2 is 1.89 bits per heavy atom. The summed E-state index contributed by atoms with van der Waals surface area (Å²) < 4.78 is 0. The average Bonchev–Trinajstić information content (AvgIpc) is 2.41. The van der Waals surface area contributed by atoms with Crippen molar-refractivity contribution in [3.63, 3.8) is 0 Å². The van der Waals surface area contributed by atoms with Crippen molar-refractivity contribution in [2.75, 3.05) is 5.43 Å². The fourth-order valence-electron chi connectivity index (χ4n) is 1.75. The molecule has 2 rings (SSSR count). The highest BCUT2D eigenvalue weighted by molar-refractivity contribution is 6.30. The first-order valence-corrected chi connectivity index (χ1v) is 6.55. The molecule has 0 fully saturated rings. The third-order valence-electron chi connectivity index (χ3n) is 2.81. The molecule has 100 valence electrons. The Labute approximate surface area is 118 Å². The number of benzene rings is 1. The molecule has 0 saturated heterocycles. The lowest BCUT2D eigenvalue weighted by molar-refractivity contribution is 0.792. The molecular formula is C14H17ClN4. The van der Waals surface area contributed by atoms with Crippen molar-refractivity contribution in [2.45, 2.75) is 26.2 Å². The lowest BCUT2D eigenvalue weighted by Gasteiger charge is -2.10. The zero-order valence-electron chi connectivity index (χ0n) is 11.0. The van der Waals surface area contributed by atoms with Crippen molar-refractivity contribution in [3.8, 4) is 0 Å². The van der Waals surface area contributed by atoms with Gasteiger partial charge in [0, 0.05) is 23.2 Å². The number of hydrogen-bond donors (Lipinski definition) is 2. The highest BCUT2D eigenvalue weighted by atomic mass is 35.5. The van der Waals surface area contributed by atoms with Gasteiger partial charge in [-0.3, -0.25) is 0 Å². The topological polar surface area (TPSA) is 63.8 Å². The Balaban J connectivity index is 2.28. The van der Waals surface area contributed by atoms with Gasteiger partial charge in [-0.05, 0) is 23.6 Å². The van der Waals surface area contributed by atoms with Crippen LogP contribution in [0.15, 0.2) is 30.3 Å². The van der Waals surface area contributed by atoms with Crippen molar-refractivity contribution in [1.82, 2.24) is 9.97 Å². The molecular weight excluding hydrogens is 260 g/mol. The van der Waals surface area contributed by atoms with Crippen molar-refractivity contribution in [1.29, 1.82) is 0 Å². The molecule has 0 unspecified atom stereocenters. The summed E-state index contributed by atoms with van der Waals surface area (Å²) in [5, 5.41) is 0.727. The van der Waals surface area contributed by atoms with E-state index in [0.717, 1.165) is 22.1 Å². The molecule has 0 saturated carbocycles. The third kappa shape index (κ3) is 3.66. The molecule has 0 aliphatic carbocycles. The fraction of sp³-hybridized carbons (Fsp3) is 0.286. The summed E-state index contributed by atoms with van der Waals surface area (Å²) in [5.74, 6) is 7.17. The van der Waals surface area contributed by atoms with Crippen LogP contribution < -0.4 is 11.3 Å². The number of anilines is 1. The normalized spacial score (nSPS) is 10.8. The molecule has 0 amide bonds. The summed E-state index contributed by atoms with van der Waals surface area (Å²) in [5.41, 5.74) is 4.68. The molecule has 0 radical (unpaired) electrons. The summed E-state index contributed by atoms with van der Waals surface area (Å²) >= 11 is 5.87. The Hall–Kier alpha value is -1.65. The van der Waals surface area contributed by atoms with Crippen LogP contribution in [0.2, 0.25) is 5.02 Å². The van der Waals surface area contributed by atoms with Gasteiger partial charge in [-0.2, -0.15) is 0 Å². The molecule has 1 aromatic heterocycles. The summed E-state index contributed by atoms with van der Waals surface area (Å²) in [6.07, 6.45) is 0.659. The van der Waals surface area contributed by atoms with Gasteiger partial charge in [0.25, 0.3) is 0 Å². The highest BCUT2D eigenvalue weighted by Crippen LogP contribution is 2.17. The molecule has 0 aliphatic rings. The molecule has 4 nitrogen and oxygen atoms in total. The van der Waals surface area contributed by atoms with E-state index >= 15 is 0 Å². The second kappa shape index (κ2) is 5.99. The molecule has 5 heteroatoms. The van der Waals surface area contributed by atoms with E-state index in [4.69, 9.17) is 17.4 Å². The van der Waals surface area contributed by atoms with Crippen LogP contribution in [0.1, 0.15) is 36.8 Å². The van der Waals surface area contributed by atoms with Gasteiger partial charge in [0.1, 0.15) is 11.6 Å². The summed E-state index contributed by atoms with van der Waals surface area (Å²) in [7, 11) is 0. The number of halogens is 1. The number of hydrogen-bond acceptors (Lipinski definition) is 4. The average molecular weight is 277 g/mol. The minimum Gasteiger partial charge on any atom is -0.308 e. The smallest absolute Gasteiger partial charge is 0.143 e. The van der Waals surface area contributed by atoms with E-state index in [9.17, 15) is 0 Å². The van der Waals surface area contributed by atoms with Gasteiger partial charge in [-0.25, -0.2) is 15.8 Å². The van der Waals surface area contributed by atoms with Crippen LogP contribution in [-0.2, 0) is 6.42 Å². The minimum atomic E-state index is 0.332. The van der Waals surface area contributed by atoms with Crippen LogP contribution in [0, 0.1) is 0 Å². The predicted molar refractivity (Wildman–Crippen MR) is 78.2 cm³/mol. The molecule has 1 aromatic carbocycles. The number of hydrazine groups is 1. The first kappa shape index (κ1) is 13.8. The van der Waals surface area contributed by atoms with Crippen molar-refractivity contribution in [3.05, 3.63) is 52.4 Å². The van der Waals surface area contributed by atoms with Crippen LogP contribution >= 0.6 is 11.6 Å². The zero-order valence-corrected chi connectivity index (χ0v) is 11.8. The predicted octanol–water partition coefficient (Wildman–Crippen LogP) is 3.13. The third-order valence-corrected chi connectivity index (χ3v) is 3.06. The van der Waals surface area contributed by atoms with Gasteiger partial charge in [0.2, 0.25) is 0 Å². The van der Waals surface area contributed by atoms with Crippen LogP contribution in [0.4, 0.5) is 5.82 Å². The van der Waals surface area contributed by atoms with E-state index in [2.05, 4.69) is 29.2 Å². The molecule has 0 aliphatic heterocycles. The zero-order chi connectivity index (χ0) is 13.8. The van der Waals surface area contributed by atoms with Gasteiger partial charge in [0.15, 0.2) is 0 Å². The maximum absolute atomic E-state index is 5.87. The van der Waals surface area contributed by atoms with Gasteiger partial charge in [-0.15, -0.1) is 0 Å². The molecule has 0 spiro atoms. The van der Waals surface area contributed by atoms with E-state index in [1.807, 2.05) is 30.3 Å². The largest absolute Gasteiger partial charge is 0.308 e. The number of aromatic nitrogens is 2. The van der Waals surface area contributed by atoms with E-state index in [-0.39, 0.29) is 0 Å². The Morgan fingerprint density at radius 3 is 2.47 bits per heavy atom. The lowest BCUT2D eigenvalue weighted by atomic mass is 10.1. The number of nitrogens with zero attached hydrogens (tertiary/aromatic N) is 2. The second-order valence-electron chi connectivity index (χ2n) is 4.70. The van der Waals surface area contributed by atoms with Crippen LogP contribution in [0.5, 0.6) is 0 Å². The first-order chi connectivity index (χ1) is 9.08. The molecule has 0 atom stereocenters. The first-order valence-electron chi connectivity index (χ1n) is 6.17. The van der Waals surface area contributed by atoms with Crippen LogP contribution in [-0.4, -0.2) is 9.97 Å². The van der Waals surface area contributed by atoms with Gasteiger partial charge in [-0.1, -0.05) is 37.6 Å². The summed E-state index contributed by atoms with van der Waals surface area (Å²) in [6.45, 7) is 4.18. The molecule has 19 heavy (non-hydrogen) atoms. The summed E-state index contributed by atoms with van der Waals surface area (Å²) in [4.78, 5) is 8.93. The number of nitrogens with two attached hydrogens (primary N) is 1. The van der Waals surface area contributed by atoms with Crippen molar-refractivity contribution in [2.24, 2.45) is 5.84 Å². The quantitative estimate of drug-likeness (QED) is 0.665. The number of rotatable bonds is 4. The highest BCUT2D eigenvalue weighted by Gasteiger charge is 2.08. The standard InChI is InChI=1S/C14H17ClN4/c1-9(2)12-8-14(19-16)18-13(17-12)7-10-3-5-11(15)6-4-10/h3-6,8-9H,7,16H2,1-2H3,(H,17,18,19). The monoisotopic (exact) mass is 276 g/mol. The van der Waals surface area contributed by atoms with Crippen LogP contribution in [0.3, 0.4) is 0 Å². The van der Waals surface area contributed by atoms with E-state index in [1.165, 1.54) is 0 Å². The summed E-state index contributed by atoms with van der Waals surface area (Å²) in [6, 6.07) is 9.55. The Morgan fingerprint density at radius 1 is 1.21 bits per heavy atom. The lowest BCUT2D eigenvalue weighted by Crippen LogP contribution is -2.12. The minimum absolute atomic E-state index is 0.332. The van der Waals surface area contributed by atoms with E-state index < -0.39 is 0 Å². The number of nitrogens with one attached hydrogen (secondary N) is 1. The SMILES string of the molecule is CC(C)c1cc(NN)nc(Cc2ccc(Cl)cc2)n1.